The van der Waals surface area contributed by atoms with Gasteiger partial charge in [0.05, 0.1) is 5.69 Å². The Morgan fingerprint density at radius 3 is 2.84 bits per heavy atom. The van der Waals surface area contributed by atoms with Gasteiger partial charge in [0.25, 0.3) is 5.91 Å². The predicted octanol–water partition coefficient (Wildman–Crippen LogP) is 4.41. The number of nitrogens with zero attached hydrogens (tertiary/aromatic N) is 3. The predicted molar refractivity (Wildman–Crippen MR) is 126 cm³/mol. The first-order valence-corrected chi connectivity index (χ1v) is 11.8. The van der Waals surface area contributed by atoms with E-state index in [4.69, 9.17) is 4.99 Å². The lowest BCUT2D eigenvalue weighted by Crippen LogP contribution is -2.44. The number of nitrogens with one attached hydrogen (secondary N) is 1. The molecule has 2 aromatic rings. The Morgan fingerprint density at radius 2 is 2.03 bits per heavy atom. The Morgan fingerprint density at radius 1 is 1.19 bits per heavy atom. The molecule has 2 amide bonds. The first kappa shape index (κ1) is 22.2. The fraction of sp³-hybridized carbons (Fsp3) is 0.333. The van der Waals surface area contributed by atoms with Crippen LogP contribution in [0.25, 0.3) is 0 Å². The van der Waals surface area contributed by atoms with E-state index in [1.54, 1.807) is 6.07 Å². The quantitative estimate of drug-likeness (QED) is 0.602. The van der Waals surface area contributed by atoms with Crippen LogP contribution in [0, 0.1) is 5.82 Å². The Hall–Kier alpha value is -3.00. The van der Waals surface area contributed by atoms with Gasteiger partial charge >= 0.3 is 0 Å². The van der Waals surface area contributed by atoms with Gasteiger partial charge in [-0.05, 0) is 42.7 Å². The third-order valence-electron chi connectivity index (χ3n) is 5.36. The van der Waals surface area contributed by atoms with Gasteiger partial charge in [-0.15, -0.1) is 0 Å². The molecule has 0 bridgehead atoms. The van der Waals surface area contributed by atoms with Crippen molar-refractivity contribution >= 4 is 40.3 Å². The summed E-state index contributed by atoms with van der Waals surface area (Å²) in [6, 6.07) is 13.4. The number of benzene rings is 2. The highest BCUT2D eigenvalue weighted by atomic mass is 32.2. The SMILES string of the molecule is CCCCNC(=O)CCC1C(=O)N=C2c3ccccc3N=C(SCc3cccc(F)c3)N21. The summed E-state index contributed by atoms with van der Waals surface area (Å²) in [7, 11) is 0. The molecule has 6 nitrogen and oxygen atoms in total. The minimum atomic E-state index is -0.575. The molecule has 2 aliphatic rings. The van der Waals surface area contributed by atoms with Crippen LogP contribution in [-0.4, -0.2) is 40.3 Å². The summed E-state index contributed by atoms with van der Waals surface area (Å²) in [6.45, 7) is 2.71. The smallest absolute Gasteiger partial charge is 0.270 e. The monoisotopic (exact) mass is 452 g/mol. The Bertz CT molecular complexity index is 1090. The zero-order valence-electron chi connectivity index (χ0n) is 17.9. The molecule has 0 spiro atoms. The number of rotatable bonds is 8. The highest BCUT2D eigenvalue weighted by Gasteiger charge is 2.41. The number of fused-ring (bicyclic) bond motifs is 3. The van der Waals surface area contributed by atoms with Gasteiger partial charge in [-0.2, -0.15) is 4.99 Å². The van der Waals surface area contributed by atoms with Crippen molar-refractivity contribution in [3.8, 4) is 0 Å². The number of halogens is 1. The summed E-state index contributed by atoms with van der Waals surface area (Å²) < 4.78 is 13.6. The molecule has 1 unspecified atom stereocenters. The van der Waals surface area contributed by atoms with E-state index in [-0.39, 0.29) is 24.1 Å². The molecule has 8 heteroatoms. The summed E-state index contributed by atoms with van der Waals surface area (Å²) in [4.78, 5) is 36.0. The van der Waals surface area contributed by atoms with Gasteiger partial charge in [0, 0.05) is 24.3 Å². The van der Waals surface area contributed by atoms with Crippen molar-refractivity contribution in [2.24, 2.45) is 9.98 Å². The molecule has 2 aliphatic heterocycles. The number of carbonyl (C=O) groups is 2. The maximum absolute atomic E-state index is 13.6. The van der Waals surface area contributed by atoms with Crippen molar-refractivity contribution < 1.29 is 14.0 Å². The molecule has 166 valence electrons. The van der Waals surface area contributed by atoms with Crippen molar-refractivity contribution in [3.63, 3.8) is 0 Å². The molecule has 1 N–H and O–H groups in total. The number of hydrogen-bond acceptors (Lipinski definition) is 5. The zero-order chi connectivity index (χ0) is 22.5. The van der Waals surface area contributed by atoms with E-state index in [2.05, 4.69) is 17.2 Å². The third-order valence-corrected chi connectivity index (χ3v) is 6.39. The minimum Gasteiger partial charge on any atom is -0.356 e. The number of aliphatic imine (C=N–C) groups is 2. The lowest BCUT2D eigenvalue weighted by atomic mass is 10.1. The van der Waals surface area contributed by atoms with Crippen LogP contribution in [0.15, 0.2) is 58.5 Å². The second kappa shape index (κ2) is 10.1. The van der Waals surface area contributed by atoms with Gasteiger partial charge in [0.15, 0.2) is 5.17 Å². The molecule has 32 heavy (non-hydrogen) atoms. The van der Waals surface area contributed by atoms with Crippen molar-refractivity contribution in [2.45, 2.75) is 44.4 Å². The lowest BCUT2D eigenvalue weighted by Gasteiger charge is -2.31. The summed E-state index contributed by atoms with van der Waals surface area (Å²) in [5.74, 6) is 0.449. The van der Waals surface area contributed by atoms with Crippen LogP contribution in [0.4, 0.5) is 10.1 Å². The van der Waals surface area contributed by atoms with E-state index >= 15 is 0 Å². The fourth-order valence-corrected chi connectivity index (χ4v) is 4.70. The van der Waals surface area contributed by atoms with Gasteiger partial charge in [-0.25, -0.2) is 9.38 Å². The van der Waals surface area contributed by atoms with Gasteiger partial charge < -0.3 is 5.32 Å². The van der Waals surface area contributed by atoms with Crippen LogP contribution in [0.5, 0.6) is 0 Å². The summed E-state index contributed by atoms with van der Waals surface area (Å²) >= 11 is 1.43. The van der Waals surface area contributed by atoms with Crippen molar-refractivity contribution in [3.05, 3.63) is 65.5 Å². The van der Waals surface area contributed by atoms with Crippen molar-refractivity contribution in [1.29, 1.82) is 0 Å². The van der Waals surface area contributed by atoms with Crippen LogP contribution >= 0.6 is 11.8 Å². The highest BCUT2D eigenvalue weighted by Crippen LogP contribution is 2.36. The summed E-state index contributed by atoms with van der Waals surface area (Å²) in [5, 5.41) is 3.53. The van der Waals surface area contributed by atoms with E-state index < -0.39 is 6.04 Å². The lowest BCUT2D eigenvalue weighted by molar-refractivity contribution is -0.122. The van der Waals surface area contributed by atoms with Crippen LogP contribution < -0.4 is 5.32 Å². The van der Waals surface area contributed by atoms with E-state index in [0.29, 0.717) is 29.7 Å². The number of carbonyl (C=O) groups excluding carboxylic acids is 2. The second-order valence-corrected chi connectivity index (χ2v) is 8.67. The first-order valence-electron chi connectivity index (χ1n) is 10.8. The molecule has 2 heterocycles. The van der Waals surface area contributed by atoms with Crippen LogP contribution in [-0.2, 0) is 15.3 Å². The largest absolute Gasteiger partial charge is 0.356 e. The molecule has 1 atom stereocenters. The highest BCUT2D eigenvalue weighted by molar-refractivity contribution is 8.13. The molecule has 0 aliphatic carbocycles. The molecule has 2 aromatic carbocycles. The average molecular weight is 453 g/mol. The average Bonchev–Trinajstić information content (AvgIpc) is 3.12. The Labute approximate surface area is 191 Å². The minimum absolute atomic E-state index is 0.0667. The van der Waals surface area contributed by atoms with Gasteiger partial charge in [0.2, 0.25) is 5.91 Å². The Balaban J connectivity index is 1.54. The number of para-hydroxylation sites is 1. The number of hydrogen-bond donors (Lipinski definition) is 1. The van der Waals surface area contributed by atoms with E-state index in [1.807, 2.05) is 35.2 Å². The van der Waals surface area contributed by atoms with Crippen LogP contribution in [0.1, 0.15) is 43.7 Å². The van der Waals surface area contributed by atoms with Gasteiger partial charge in [0.1, 0.15) is 17.7 Å². The van der Waals surface area contributed by atoms with Crippen molar-refractivity contribution in [1.82, 2.24) is 10.2 Å². The standard InChI is InChI=1S/C24H25FN4O2S/c1-2-3-13-26-21(30)12-11-20-23(31)28-22-18-9-4-5-10-19(18)27-24(29(20)22)32-15-16-7-6-8-17(25)14-16/h4-10,14,20H,2-3,11-13,15H2,1H3,(H,26,30). The van der Waals surface area contributed by atoms with Gasteiger partial charge in [-0.1, -0.05) is 49.4 Å². The number of thioether (sulfide) groups is 1. The van der Waals surface area contributed by atoms with Crippen molar-refractivity contribution in [2.75, 3.05) is 6.54 Å². The zero-order valence-corrected chi connectivity index (χ0v) is 18.7. The molecular weight excluding hydrogens is 427 g/mol. The second-order valence-electron chi connectivity index (χ2n) is 7.73. The first-order chi connectivity index (χ1) is 15.6. The molecular formula is C24H25FN4O2S. The van der Waals surface area contributed by atoms with Crippen LogP contribution in [0.2, 0.25) is 0 Å². The van der Waals surface area contributed by atoms with E-state index in [1.165, 1.54) is 23.9 Å². The molecule has 4 rings (SSSR count). The van der Waals surface area contributed by atoms with Gasteiger partial charge in [-0.3, -0.25) is 14.5 Å². The molecule has 0 radical (unpaired) electrons. The molecule has 0 aromatic heterocycles. The normalized spacial score (nSPS) is 16.9. The number of unbranched alkanes of at least 4 members (excludes halogenated alkanes) is 1. The third kappa shape index (κ3) is 4.91. The molecule has 0 saturated carbocycles. The molecule has 0 saturated heterocycles. The molecule has 0 fully saturated rings. The summed E-state index contributed by atoms with van der Waals surface area (Å²) in [5.41, 5.74) is 2.37. The maximum Gasteiger partial charge on any atom is 0.270 e. The van der Waals surface area contributed by atoms with Crippen LogP contribution in [0.3, 0.4) is 0 Å². The summed E-state index contributed by atoms with van der Waals surface area (Å²) in [6.07, 6.45) is 2.53. The maximum atomic E-state index is 13.6. The topological polar surface area (TPSA) is 74.1 Å². The van der Waals surface area contributed by atoms with E-state index in [0.717, 1.165) is 29.7 Å². The fourth-order valence-electron chi connectivity index (χ4n) is 3.71. The van der Waals surface area contributed by atoms with E-state index in [9.17, 15) is 14.0 Å². The number of amidine groups is 2. The Kier molecular flexibility index (Phi) is 6.99. The number of amides is 2.